The van der Waals surface area contributed by atoms with Crippen molar-refractivity contribution >= 4 is 17.9 Å². The zero-order chi connectivity index (χ0) is 20.7. The standard InChI is InChI=1S/C18H21F3N2O5/c1-11-4-2-3-5-14(11)22-17(26)23-15(24)10-27-16(25)12-6-8-13(9-7-12)28-18(19,20)21/h6-9,11,14H,2-5,10H2,1H3,(H2,22,23,24,26)/t11-,14-/m1/s1. The Labute approximate surface area is 159 Å². The summed E-state index contributed by atoms with van der Waals surface area (Å²) in [6, 6.07) is 3.36. The number of benzene rings is 1. The van der Waals surface area contributed by atoms with Gasteiger partial charge in [-0.25, -0.2) is 9.59 Å². The van der Waals surface area contributed by atoms with Gasteiger partial charge in [0.2, 0.25) is 0 Å². The number of nitrogens with one attached hydrogen (secondary N) is 2. The van der Waals surface area contributed by atoms with Crippen LogP contribution in [0.4, 0.5) is 18.0 Å². The quantitative estimate of drug-likeness (QED) is 0.738. The molecule has 0 radical (unpaired) electrons. The van der Waals surface area contributed by atoms with E-state index in [1.54, 1.807) is 0 Å². The van der Waals surface area contributed by atoms with Crippen molar-refractivity contribution in [2.75, 3.05) is 6.61 Å². The Morgan fingerprint density at radius 2 is 1.75 bits per heavy atom. The molecular weight excluding hydrogens is 381 g/mol. The summed E-state index contributed by atoms with van der Waals surface area (Å²) >= 11 is 0. The minimum absolute atomic E-state index is 0.0125. The Hall–Kier alpha value is -2.78. The molecule has 0 spiro atoms. The van der Waals surface area contributed by atoms with E-state index in [2.05, 4.69) is 15.4 Å². The van der Waals surface area contributed by atoms with Crippen LogP contribution in [-0.2, 0) is 9.53 Å². The molecule has 0 aliphatic heterocycles. The predicted molar refractivity (Wildman–Crippen MR) is 91.5 cm³/mol. The molecule has 1 aromatic carbocycles. The topological polar surface area (TPSA) is 93.7 Å². The molecule has 0 aromatic heterocycles. The van der Waals surface area contributed by atoms with Gasteiger partial charge in [0.05, 0.1) is 5.56 Å². The summed E-state index contributed by atoms with van der Waals surface area (Å²) in [6.45, 7) is 1.33. The third-order valence-corrected chi connectivity index (χ3v) is 4.34. The molecular formula is C18H21F3N2O5. The van der Waals surface area contributed by atoms with Crippen LogP contribution < -0.4 is 15.4 Å². The smallest absolute Gasteiger partial charge is 0.452 e. The third kappa shape index (κ3) is 7.09. The van der Waals surface area contributed by atoms with E-state index in [1.165, 1.54) is 0 Å². The maximum atomic E-state index is 12.1. The number of alkyl halides is 3. The molecule has 1 fully saturated rings. The van der Waals surface area contributed by atoms with Gasteiger partial charge in [-0.05, 0) is 43.0 Å². The fourth-order valence-corrected chi connectivity index (χ4v) is 2.90. The lowest BCUT2D eigenvalue weighted by Gasteiger charge is -2.29. The van der Waals surface area contributed by atoms with Crippen molar-refractivity contribution in [2.45, 2.75) is 45.0 Å². The number of hydrogen-bond acceptors (Lipinski definition) is 5. The van der Waals surface area contributed by atoms with E-state index in [-0.39, 0.29) is 11.6 Å². The number of carbonyl (C=O) groups is 3. The number of amides is 3. The SMILES string of the molecule is C[C@@H]1CCCC[C@H]1NC(=O)NC(=O)COC(=O)c1ccc(OC(F)(F)F)cc1. The fourth-order valence-electron chi connectivity index (χ4n) is 2.90. The second-order valence-electron chi connectivity index (χ2n) is 6.54. The second-order valence-corrected chi connectivity index (χ2v) is 6.54. The summed E-state index contributed by atoms with van der Waals surface area (Å²) in [4.78, 5) is 35.4. The maximum Gasteiger partial charge on any atom is 0.573 e. The number of halogens is 3. The molecule has 3 amide bonds. The molecule has 28 heavy (non-hydrogen) atoms. The normalized spacial score (nSPS) is 19.4. The minimum atomic E-state index is -4.84. The number of urea groups is 1. The maximum absolute atomic E-state index is 12.1. The largest absolute Gasteiger partial charge is 0.573 e. The summed E-state index contributed by atoms with van der Waals surface area (Å²) in [7, 11) is 0. The van der Waals surface area contributed by atoms with E-state index in [0.29, 0.717) is 5.92 Å². The molecule has 2 atom stereocenters. The molecule has 2 rings (SSSR count). The third-order valence-electron chi connectivity index (χ3n) is 4.34. The number of imide groups is 1. The van der Waals surface area contributed by atoms with Crippen LogP contribution in [0.2, 0.25) is 0 Å². The Morgan fingerprint density at radius 1 is 1.11 bits per heavy atom. The number of ether oxygens (including phenoxy) is 2. The van der Waals surface area contributed by atoms with Crippen LogP contribution in [0.15, 0.2) is 24.3 Å². The lowest BCUT2D eigenvalue weighted by atomic mass is 9.86. The van der Waals surface area contributed by atoms with Crippen LogP contribution in [-0.4, -0.2) is 36.9 Å². The van der Waals surface area contributed by atoms with Gasteiger partial charge >= 0.3 is 18.4 Å². The lowest BCUT2D eigenvalue weighted by Crippen LogP contribution is -2.48. The fraction of sp³-hybridized carbons (Fsp3) is 0.500. The average molecular weight is 402 g/mol. The highest BCUT2D eigenvalue weighted by molar-refractivity contribution is 5.97. The van der Waals surface area contributed by atoms with Crippen molar-refractivity contribution in [3.8, 4) is 5.75 Å². The van der Waals surface area contributed by atoms with Crippen molar-refractivity contribution in [2.24, 2.45) is 5.92 Å². The van der Waals surface area contributed by atoms with E-state index in [1.807, 2.05) is 6.92 Å². The predicted octanol–water partition coefficient (Wildman–Crippen LogP) is 3.15. The second kappa shape index (κ2) is 9.43. The molecule has 2 N–H and O–H groups in total. The van der Waals surface area contributed by atoms with E-state index < -0.39 is 36.6 Å². The Kier molecular flexibility index (Phi) is 7.24. The van der Waals surface area contributed by atoms with Gasteiger partial charge in [0, 0.05) is 6.04 Å². The first kappa shape index (κ1) is 21.5. The van der Waals surface area contributed by atoms with Gasteiger partial charge in [-0.1, -0.05) is 19.8 Å². The summed E-state index contributed by atoms with van der Waals surface area (Å²) in [5.41, 5.74) is -0.0668. The van der Waals surface area contributed by atoms with Crippen LogP contribution in [0.3, 0.4) is 0 Å². The lowest BCUT2D eigenvalue weighted by molar-refractivity contribution is -0.274. The van der Waals surface area contributed by atoms with Gasteiger partial charge < -0.3 is 14.8 Å². The number of carbonyl (C=O) groups excluding carboxylic acids is 3. The van der Waals surface area contributed by atoms with Crippen LogP contribution in [0.25, 0.3) is 0 Å². The van der Waals surface area contributed by atoms with Gasteiger partial charge in [0.15, 0.2) is 6.61 Å². The van der Waals surface area contributed by atoms with Crippen LogP contribution in [0.5, 0.6) is 5.75 Å². The van der Waals surface area contributed by atoms with Crippen LogP contribution in [0, 0.1) is 5.92 Å². The number of esters is 1. The Balaban J connectivity index is 1.75. The molecule has 10 heteroatoms. The van der Waals surface area contributed by atoms with Crippen molar-refractivity contribution < 1.29 is 37.0 Å². The van der Waals surface area contributed by atoms with Gasteiger partial charge in [-0.3, -0.25) is 10.1 Å². The monoisotopic (exact) mass is 402 g/mol. The molecule has 0 unspecified atom stereocenters. The molecule has 0 heterocycles. The van der Waals surface area contributed by atoms with Crippen molar-refractivity contribution in [3.05, 3.63) is 29.8 Å². The van der Waals surface area contributed by atoms with Crippen LogP contribution in [0.1, 0.15) is 43.0 Å². The van der Waals surface area contributed by atoms with Crippen LogP contribution >= 0.6 is 0 Å². The van der Waals surface area contributed by atoms with Crippen molar-refractivity contribution in [1.82, 2.24) is 10.6 Å². The van der Waals surface area contributed by atoms with E-state index in [9.17, 15) is 27.6 Å². The van der Waals surface area contributed by atoms with Gasteiger partial charge in [0.25, 0.3) is 5.91 Å². The molecule has 7 nitrogen and oxygen atoms in total. The first-order valence-electron chi connectivity index (χ1n) is 8.77. The van der Waals surface area contributed by atoms with Gasteiger partial charge in [-0.2, -0.15) is 0 Å². The van der Waals surface area contributed by atoms with E-state index in [4.69, 9.17) is 4.74 Å². The molecule has 0 saturated heterocycles. The van der Waals surface area contributed by atoms with E-state index >= 15 is 0 Å². The summed E-state index contributed by atoms with van der Waals surface area (Å²) in [5, 5.41) is 4.80. The first-order valence-corrected chi connectivity index (χ1v) is 8.77. The van der Waals surface area contributed by atoms with Gasteiger partial charge in [-0.15, -0.1) is 13.2 Å². The summed E-state index contributed by atoms with van der Waals surface area (Å²) in [6.07, 6.45) is -0.877. The molecule has 154 valence electrons. The summed E-state index contributed by atoms with van der Waals surface area (Å²) in [5.74, 6) is -1.91. The molecule has 1 saturated carbocycles. The summed E-state index contributed by atoms with van der Waals surface area (Å²) < 4.78 is 44.7. The minimum Gasteiger partial charge on any atom is -0.452 e. The van der Waals surface area contributed by atoms with Crippen molar-refractivity contribution in [3.63, 3.8) is 0 Å². The van der Waals surface area contributed by atoms with Gasteiger partial charge in [0.1, 0.15) is 5.75 Å². The molecule has 0 bridgehead atoms. The molecule has 1 aliphatic carbocycles. The van der Waals surface area contributed by atoms with Crippen molar-refractivity contribution in [1.29, 1.82) is 0 Å². The molecule has 1 aliphatic rings. The zero-order valence-electron chi connectivity index (χ0n) is 15.2. The highest BCUT2D eigenvalue weighted by Gasteiger charge is 2.31. The Morgan fingerprint density at radius 3 is 2.36 bits per heavy atom. The zero-order valence-corrected chi connectivity index (χ0v) is 15.2. The first-order chi connectivity index (χ1) is 13.1. The number of rotatable bonds is 5. The average Bonchev–Trinajstić information content (AvgIpc) is 2.61. The molecule has 1 aromatic rings. The highest BCUT2D eigenvalue weighted by Crippen LogP contribution is 2.24. The number of hydrogen-bond donors (Lipinski definition) is 2. The highest BCUT2D eigenvalue weighted by atomic mass is 19.4. The van der Waals surface area contributed by atoms with E-state index in [0.717, 1.165) is 49.9 Å². The Bertz CT molecular complexity index is 706.